The predicted molar refractivity (Wildman–Crippen MR) is 66.6 cm³/mol. The Labute approximate surface area is 102 Å². The van der Waals surface area contributed by atoms with Crippen molar-refractivity contribution in [3.05, 3.63) is 29.3 Å². The summed E-state index contributed by atoms with van der Waals surface area (Å²) in [4.78, 5) is 10.7. The standard InChI is InChI=1S/C15H18O2/c16-11-12-4-5-14-13(10-12)6-9-15(17-14)7-2-1-3-8-15/h4-5,10-11H,1-3,6-9H2. The lowest BCUT2D eigenvalue weighted by Gasteiger charge is -2.41. The van der Waals surface area contributed by atoms with Crippen molar-refractivity contribution in [3.8, 4) is 5.75 Å². The van der Waals surface area contributed by atoms with Crippen LogP contribution in [0.2, 0.25) is 0 Å². The molecular formula is C15H18O2. The smallest absolute Gasteiger partial charge is 0.150 e. The minimum absolute atomic E-state index is 0.105. The highest BCUT2D eigenvalue weighted by Crippen LogP contribution is 2.41. The molecule has 1 aromatic rings. The van der Waals surface area contributed by atoms with Gasteiger partial charge in [-0.05, 0) is 62.3 Å². The lowest BCUT2D eigenvalue weighted by molar-refractivity contribution is 0.0108. The zero-order valence-corrected chi connectivity index (χ0v) is 10.1. The first kappa shape index (κ1) is 10.8. The zero-order valence-electron chi connectivity index (χ0n) is 10.1. The maximum absolute atomic E-state index is 10.7. The summed E-state index contributed by atoms with van der Waals surface area (Å²) in [6.45, 7) is 0. The van der Waals surface area contributed by atoms with Gasteiger partial charge in [-0.3, -0.25) is 4.79 Å². The van der Waals surface area contributed by atoms with Gasteiger partial charge in [-0.1, -0.05) is 6.42 Å². The molecule has 1 aliphatic heterocycles. The van der Waals surface area contributed by atoms with E-state index in [4.69, 9.17) is 4.74 Å². The molecule has 90 valence electrons. The average Bonchev–Trinajstić information content (AvgIpc) is 2.39. The summed E-state index contributed by atoms with van der Waals surface area (Å²) >= 11 is 0. The van der Waals surface area contributed by atoms with Gasteiger partial charge in [0.15, 0.2) is 0 Å². The summed E-state index contributed by atoms with van der Waals surface area (Å²) in [7, 11) is 0. The number of rotatable bonds is 1. The molecule has 0 aromatic heterocycles. The maximum Gasteiger partial charge on any atom is 0.150 e. The van der Waals surface area contributed by atoms with Gasteiger partial charge in [-0.15, -0.1) is 0 Å². The van der Waals surface area contributed by atoms with Crippen LogP contribution in [0.15, 0.2) is 18.2 Å². The summed E-state index contributed by atoms with van der Waals surface area (Å²) in [5.41, 5.74) is 2.06. The van der Waals surface area contributed by atoms with Gasteiger partial charge in [0.1, 0.15) is 17.6 Å². The van der Waals surface area contributed by atoms with Crippen molar-refractivity contribution in [2.45, 2.75) is 50.5 Å². The van der Waals surface area contributed by atoms with E-state index >= 15 is 0 Å². The molecule has 2 aliphatic rings. The van der Waals surface area contributed by atoms with Gasteiger partial charge in [0.05, 0.1) is 0 Å². The second kappa shape index (κ2) is 4.17. The highest BCUT2D eigenvalue weighted by molar-refractivity contribution is 5.75. The molecule has 1 spiro atoms. The first-order valence-corrected chi connectivity index (χ1v) is 6.58. The Bertz CT molecular complexity index is 431. The van der Waals surface area contributed by atoms with Crippen LogP contribution < -0.4 is 4.74 Å². The van der Waals surface area contributed by atoms with Crippen molar-refractivity contribution in [1.82, 2.24) is 0 Å². The first-order chi connectivity index (χ1) is 8.31. The number of benzene rings is 1. The Morgan fingerprint density at radius 1 is 1.12 bits per heavy atom. The molecule has 1 aliphatic carbocycles. The number of fused-ring (bicyclic) bond motifs is 1. The minimum Gasteiger partial charge on any atom is -0.487 e. The van der Waals surface area contributed by atoms with E-state index in [2.05, 4.69) is 0 Å². The molecule has 0 radical (unpaired) electrons. The number of carbonyl (C=O) groups excluding carboxylic acids is 1. The molecule has 1 heterocycles. The van der Waals surface area contributed by atoms with Gasteiger partial charge >= 0.3 is 0 Å². The number of carbonyl (C=O) groups is 1. The van der Waals surface area contributed by atoms with Crippen LogP contribution in [0.4, 0.5) is 0 Å². The molecule has 0 bridgehead atoms. The highest BCUT2D eigenvalue weighted by Gasteiger charge is 2.37. The lowest BCUT2D eigenvalue weighted by atomic mass is 9.79. The summed E-state index contributed by atoms with van der Waals surface area (Å²) in [6, 6.07) is 5.79. The Morgan fingerprint density at radius 2 is 1.94 bits per heavy atom. The Balaban J connectivity index is 1.87. The molecule has 0 amide bonds. The Hall–Kier alpha value is -1.31. The van der Waals surface area contributed by atoms with Gasteiger partial charge in [-0.25, -0.2) is 0 Å². The fraction of sp³-hybridized carbons (Fsp3) is 0.533. The number of aldehydes is 1. The van der Waals surface area contributed by atoms with Gasteiger partial charge in [-0.2, -0.15) is 0 Å². The van der Waals surface area contributed by atoms with E-state index in [9.17, 15) is 4.79 Å². The second-order valence-electron chi connectivity index (χ2n) is 5.33. The zero-order chi connectivity index (χ0) is 11.7. The number of ether oxygens (including phenoxy) is 1. The third kappa shape index (κ3) is 1.97. The van der Waals surface area contributed by atoms with Crippen LogP contribution in [-0.4, -0.2) is 11.9 Å². The van der Waals surface area contributed by atoms with E-state index in [1.54, 1.807) is 0 Å². The molecule has 2 nitrogen and oxygen atoms in total. The third-order valence-electron chi connectivity index (χ3n) is 4.16. The fourth-order valence-electron chi connectivity index (χ4n) is 3.16. The molecule has 0 atom stereocenters. The van der Waals surface area contributed by atoms with Crippen molar-refractivity contribution in [2.75, 3.05) is 0 Å². The van der Waals surface area contributed by atoms with Crippen LogP contribution in [0.3, 0.4) is 0 Å². The monoisotopic (exact) mass is 230 g/mol. The summed E-state index contributed by atoms with van der Waals surface area (Å²) < 4.78 is 6.24. The second-order valence-corrected chi connectivity index (χ2v) is 5.33. The van der Waals surface area contributed by atoms with E-state index in [0.717, 1.165) is 30.4 Å². The Kier molecular flexibility index (Phi) is 2.65. The molecule has 1 saturated carbocycles. The minimum atomic E-state index is 0.105. The van der Waals surface area contributed by atoms with Crippen LogP contribution in [0, 0.1) is 0 Å². The first-order valence-electron chi connectivity index (χ1n) is 6.58. The van der Waals surface area contributed by atoms with Gasteiger partial charge in [0.2, 0.25) is 0 Å². The van der Waals surface area contributed by atoms with E-state index in [-0.39, 0.29) is 5.60 Å². The highest BCUT2D eigenvalue weighted by atomic mass is 16.5. The van der Waals surface area contributed by atoms with E-state index in [1.807, 2.05) is 18.2 Å². The van der Waals surface area contributed by atoms with Gasteiger partial charge in [0.25, 0.3) is 0 Å². The summed E-state index contributed by atoms with van der Waals surface area (Å²) in [5, 5.41) is 0. The normalized spacial score (nSPS) is 21.6. The largest absolute Gasteiger partial charge is 0.487 e. The predicted octanol–water partition coefficient (Wildman–Crippen LogP) is 3.53. The SMILES string of the molecule is O=Cc1ccc2c(c1)CCC1(CCCCC1)O2. The van der Waals surface area contributed by atoms with Crippen molar-refractivity contribution < 1.29 is 9.53 Å². The molecule has 1 fully saturated rings. The number of hydrogen-bond donors (Lipinski definition) is 0. The van der Waals surface area contributed by atoms with Crippen LogP contribution in [0.5, 0.6) is 5.75 Å². The van der Waals surface area contributed by atoms with Crippen molar-refractivity contribution in [3.63, 3.8) is 0 Å². The molecule has 1 aromatic carbocycles. The number of hydrogen-bond acceptors (Lipinski definition) is 2. The number of aryl methyl sites for hydroxylation is 1. The quantitative estimate of drug-likeness (QED) is 0.690. The maximum atomic E-state index is 10.7. The molecule has 0 unspecified atom stereocenters. The summed E-state index contributed by atoms with van der Waals surface area (Å²) in [6.07, 6.45) is 9.40. The molecule has 0 saturated heterocycles. The van der Waals surface area contributed by atoms with Crippen LogP contribution in [-0.2, 0) is 6.42 Å². The lowest BCUT2D eigenvalue weighted by Crippen LogP contribution is -2.41. The van der Waals surface area contributed by atoms with E-state index < -0.39 is 0 Å². The van der Waals surface area contributed by atoms with Crippen LogP contribution >= 0.6 is 0 Å². The van der Waals surface area contributed by atoms with Gasteiger partial charge in [0, 0.05) is 5.56 Å². The van der Waals surface area contributed by atoms with Crippen molar-refractivity contribution >= 4 is 6.29 Å². The van der Waals surface area contributed by atoms with Crippen molar-refractivity contribution in [1.29, 1.82) is 0 Å². The Morgan fingerprint density at radius 3 is 2.71 bits per heavy atom. The van der Waals surface area contributed by atoms with Gasteiger partial charge < -0.3 is 4.74 Å². The van der Waals surface area contributed by atoms with Crippen LogP contribution in [0.25, 0.3) is 0 Å². The van der Waals surface area contributed by atoms with Crippen LogP contribution in [0.1, 0.15) is 54.4 Å². The average molecular weight is 230 g/mol. The summed E-state index contributed by atoms with van der Waals surface area (Å²) in [5.74, 6) is 1.00. The molecule has 3 rings (SSSR count). The third-order valence-corrected chi connectivity index (χ3v) is 4.16. The fourth-order valence-corrected chi connectivity index (χ4v) is 3.16. The van der Waals surface area contributed by atoms with E-state index in [0.29, 0.717) is 0 Å². The molecular weight excluding hydrogens is 212 g/mol. The molecule has 0 N–H and O–H groups in total. The topological polar surface area (TPSA) is 26.3 Å². The van der Waals surface area contributed by atoms with E-state index in [1.165, 1.54) is 37.7 Å². The molecule has 2 heteroatoms. The van der Waals surface area contributed by atoms with Crippen molar-refractivity contribution in [2.24, 2.45) is 0 Å². The molecule has 17 heavy (non-hydrogen) atoms.